The summed E-state index contributed by atoms with van der Waals surface area (Å²) in [5.41, 5.74) is 4.26. The van der Waals surface area contributed by atoms with Crippen LogP contribution in [0.25, 0.3) is 0 Å². The number of hydrogen-bond acceptors (Lipinski definition) is 5. The Kier molecular flexibility index (Phi) is 7.65. The average Bonchev–Trinajstić information content (AvgIpc) is 2.83. The summed E-state index contributed by atoms with van der Waals surface area (Å²) in [6, 6.07) is 23.3. The number of nitrogens with zero attached hydrogens (tertiary/aromatic N) is 3. The van der Waals surface area contributed by atoms with E-state index in [1.807, 2.05) is 36.4 Å². The minimum atomic E-state index is -0.356. The molecule has 0 radical (unpaired) electrons. The Morgan fingerprint density at radius 1 is 0.968 bits per heavy atom. The van der Waals surface area contributed by atoms with Gasteiger partial charge in [0.1, 0.15) is 6.61 Å². The van der Waals surface area contributed by atoms with Crippen molar-refractivity contribution in [2.75, 3.05) is 13.7 Å². The standard InChI is InChI=1S/C24H22N4O3/c1-3-16-31-21-15-14-19(17-22(21)30-2)23(26-25-20-12-8-5-9-13-20)27-28-24(29)18-10-6-4-7-11-18/h3-15,17H,1,16H2,2H3,(H,28,29). The third kappa shape index (κ3) is 6.11. The van der Waals surface area contributed by atoms with Crippen LogP contribution in [0.4, 0.5) is 5.69 Å². The van der Waals surface area contributed by atoms with E-state index < -0.39 is 0 Å². The number of amides is 1. The van der Waals surface area contributed by atoms with Crippen LogP contribution in [-0.2, 0) is 0 Å². The van der Waals surface area contributed by atoms with Crippen LogP contribution in [0.5, 0.6) is 11.5 Å². The summed E-state index contributed by atoms with van der Waals surface area (Å²) in [7, 11) is 1.54. The lowest BCUT2D eigenvalue weighted by molar-refractivity contribution is 0.0955. The van der Waals surface area contributed by atoms with Gasteiger partial charge in [0, 0.05) is 11.1 Å². The van der Waals surface area contributed by atoms with Crippen molar-refractivity contribution in [1.82, 2.24) is 5.43 Å². The van der Waals surface area contributed by atoms with E-state index in [1.165, 1.54) is 0 Å². The fraction of sp³-hybridized carbons (Fsp3) is 0.0833. The predicted octanol–water partition coefficient (Wildman–Crippen LogP) is 5.14. The first-order chi connectivity index (χ1) is 15.2. The fourth-order valence-electron chi connectivity index (χ4n) is 2.58. The molecule has 156 valence electrons. The van der Waals surface area contributed by atoms with E-state index in [9.17, 15) is 4.79 Å². The molecule has 1 N–H and O–H groups in total. The highest BCUT2D eigenvalue weighted by atomic mass is 16.5. The first kappa shape index (κ1) is 21.4. The van der Waals surface area contributed by atoms with Crippen LogP contribution in [0.2, 0.25) is 0 Å². The van der Waals surface area contributed by atoms with E-state index in [-0.39, 0.29) is 11.7 Å². The van der Waals surface area contributed by atoms with Crippen molar-refractivity contribution in [2.45, 2.75) is 0 Å². The highest BCUT2D eigenvalue weighted by molar-refractivity contribution is 6.01. The Hall–Kier alpha value is -4.26. The van der Waals surface area contributed by atoms with Crippen molar-refractivity contribution in [1.29, 1.82) is 0 Å². The number of hydrogen-bond donors (Lipinski definition) is 1. The maximum atomic E-state index is 12.4. The Morgan fingerprint density at radius 3 is 2.35 bits per heavy atom. The van der Waals surface area contributed by atoms with Gasteiger partial charge >= 0.3 is 0 Å². The van der Waals surface area contributed by atoms with E-state index >= 15 is 0 Å². The number of azo groups is 1. The molecule has 3 aromatic carbocycles. The van der Waals surface area contributed by atoms with Crippen molar-refractivity contribution in [3.05, 3.63) is 103 Å². The first-order valence-electron chi connectivity index (χ1n) is 9.53. The largest absolute Gasteiger partial charge is 0.493 e. The Bertz CT molecular complexity index is 1080. The molecule has 0 saturated carbocycles. The van der Waals surface area contributed by atoms with Gasteiger partial charge < -0.3 is 9.47 Å². The number of ether oxygens (including phenoxy) is 2. The molecule has 31 heavy (non-hydrogen) atoms. The SMILES string of the molecule is C=CCOc1ccc(C(N=Nc2ccccc2)=NNC(=O)c2ccccc2)cc1OC. The van der Waals surface area contributed by atoms with Gasteiger partial charge in [0.15, 0.2) is 11.5 Å². The van der Waals surface area contributed by atoms with Gasteiger partial charge in [-0.1, -0.05) is 49.1 Å². The van der Waals surface area contributed by atoms with Crippen LogP contribution in [0.15, 0.2) is 107 Å². The maximum Gasteiger partial charge on any atom is 0.271 e. The molecule has 7 nitrogen and oxygen atoms in total. The topological polar surface area (TPSA) is 84.6 Å². The monoisotopic (exact) mass is 414 g/mol. The molecule has 3 aromatic rings. The molecule has 0 atom stereocenters. The number of amidine groups is 1. The van der Waals surface area contributed by atoms with Crippen molar-refractivity contribution in [2.24, 2.45) is 15.3 Å². The summed E-state index contributed by atoms with van der Waals surface area (Å²) in [5, 5.41) is 12.7. The van der Waals surface area contributed by atoms with Gasteiger partial charge in [0.25, 0.3) is 5.91 Å². The van der Waals surface area contributed by atoms with Crippen molar-refractivity contribution < 1.29 is 14.3 Å². The summed E-state index contributed by atoms with van der Waals surface area (Å²) in [5.74, 6) is 0.905. The molecule has 0 fully saturated rings. The second-order valence-electron chi connectivity index (χ2n) is 6.24. The summed E-state index contributed by atoms with van der Waals surface area (Å²) in [6.45, 7) is 3.99. The van der Waals surface area contributed by atoms with Gasteiger partial charge in [-0.2, -0.15) is 0 Å². The van der Waals surface area contributed by atoms with E-state index in [0.29, 0.717) is 34.9 Å². The average molecular weight is 414 g/mol. The molecule has 0 heterocycles. The van der Waals surface area contributed by atoms with Crippen LogP contribution in [0, 0.1) is 0 Å². The number of hydrazone groups is 1. The van der Waals surface area contributed by atoms with Gasteiger partial charge in [-0.15, -0.1) is 15.3 Å². The zero-order valence-corrected chi connectivity index (χ0v) is 17.1. The second-order valence-corrected chi connectivity index (χ2v) is 6.24. The van der Waals surface area contributed by atoms with Crippen LogP contribution >= 0.6 is 0 Å². The van der Waals surface area contributed by atoms with Crippen molar-refractivity contribution in [3.8, 4) is 11.5 Å². The normalized spacial score (nSPS) is 11.2. The van der Waals surface area contributed by atoms with Gasteiger partial charge in [-0.3, -0.25) is 4.79 Å². The minimum Gasteiger partial charge on any atom is -0.493 e. The number of rotatable bonds is 8. The molecule has 0 aliphatic rings. The molecule has 0 aromatic heterocycles. The fourth-order valence-corrected chi connectivity index (χ4v) is 2.58. The third-order valence-electron chi connectivity index (χ3n) is 4.09. The molecular formula is C24H22N4O3. The molecule has 0 aliphatic carbocycles. The van der Waals surface area contributed by atoms with Crippen LogP contribution in [-0.4, -0.2) is 25.5 Å². The highest BCUT2D eigenvalue weighted by Crippen LogP contribution is 2.28. The lowest BCUT2D eigenvalue weighted by atomic mass is 10.2. The quantitative estimate of drug-likeness (QED) is 0.182. The number of carbonyl (C=O) groups excluding carboxylic acids is 1. The van der Waals surface area contributed by atoms with Gasteiger partial charge in [-0.05, 0) is 42.5 Å². The molecule has 7 heteroatoms. The molecule has 0 saturated heterocycles. The predicted molar refractivity (Wildman–Crippen MR) is 120 cm³/mol. The zero-order chi connectivity index (χ0) is 21.9. The molecule has 3 rings (SSSR count). The van der Waals surface area contributed by atoms with Crippen molar-refractivity contribution in [3.63, 3.8) is 0 Å². The highest BCUT2D eigenvalue weighted by Gasteiger charge is 2.11. The number of benzene rings is 3. The molecule has 0 aliphatic heterocycles. The molecule has 0 spiro atoms. The Balaban J connectivity index is 1.92. The summed E-state index contributed by atoms with van der Waals surface area (Å²) < 4.78 is 11.0. The summed E-state index contributed by atoms with van der Waals surface area (Å²) in [6.07, 6.45) is 1.65. The Labute approximate surface area is 180 Å². The second kappa shape index (κ2) is 11.1. The smallest absolute Gasteiger partial charge is 0.271 e. The van der Waals surface area contributed by atoms with Gasteiger partial charge in [0.05, 0.1) is 12.8 Å². The minimum absolute atomic E-state index is 0.210. The number of carbonyl (C=O) groups is 1. The molecule has 0 bridgehead atoms. The lowest BCUT2D eigenvalue weighted by Gasteiger charge is -2.11. The lowest BCUT2D eigenvalue weighted by Crippen LogP contribution is -2.19. The van der Waals surface area contributed by atoms with Gasteiger partial charge in [-0.25, -0.2) is 5.43 Å². The van der Waals surface area contributed by atoms with Gasteiger partial charge in [0.2, 0.25) is 5.84 Å². The van der Waals surface area contributed by atoms with Crippen LogP contribution in [0.1, 0.15) is 15.9 Å². The molecular weight excluding hydrogens is 392 g/mol. The Morgan fingerprint density at radius 2 is 1.68 bits per heavy atom. The first-order valence-corrected chi connectivity index (χ1v) is 9.53. The third-order valence-corrected chi connectivity index (χ3v) is 4.09. The van der Waals surface area contributed by atoms with E-state index in [4.69, 9.17) is 9.47 Å². The van der Waals surface area contributed by atoms with E-state index in [2.05, 4.69) is 27.3 Å². The van der Waals surface area contributed by atoms with E-state index in [0.717, 1.165) is 0 Å². The number of methoxy groups -OCH3 is 1. The molecule has 1 amide bonds. The zero-order valence-electron chi connectivity index (χ0n) is 17.1. The van der Waals surface area contributed by atoms with Crippen molar-refractivity contribution >= 4 is 17.4 Å². The van der Waals surface area contributed by atoms with Crippen LogP contribution in [0.3, 0.4) is 0 Å². The number of nitrogens with one attached hydrogen (secondary N) is 1. The van der Waals surface area contributed by atoms with Crippen LogP contribution < -0.4 is 14.9 Å². The molecule has 0 unspecified atom stereocenters. The maximum absolute atomic E-state index is 12.4. The summed E-state index contributed by atoms with van der Waals surface area (Å²) >= 11 is 0. The summed E-state index contributed by atoms with van der Waals surface area (Å²) in [4.78, 5) is 12.4. The van der Waals surface area contributed by atoms with E-state index in [1.54, 1.807) is 55.7 Å².